The standard InChI is InChI=1S/C11H16ClNO4S2/c1-7(4-12)6-19(15,16)13-9-8(2)5-18-10(9)11(14)17-3/h5,7,13H,4,6H2,1-3H3. The monoisotopic (exact) mass is 325 g/mol. The number of alkyl halides is 1. The molecular weight excluding hydrogens is 310 g/mol. The molecule has 0 spiro atoms. The van der Waals surface area contributed by atoms with E-state index in [0.717, 1.165) is 11.3 Å². The average Bonchev–Trinajstić information content (AvgIpc) is 2.69. The maximum absolute atomic E-state index is 12.0. The maximum atomic E-state index is 12.0. The third kappa shape index (κ3) is 4.36. The lowest BCUT2D eigenvalue weighted by Gasteiger charge is -2.12. The zero-order chi connectivity index (χ0) is 14.6. The van der Waals surface area contributed by atoms with Crippen molar-refractivity contribution >= 4 is 44.6 Å². The molecule has 1 N–H and O–H groups in total. The molecule has 0 amide bonds. The highest BCUT2D eigenvalue weighted by molar-refractivity contribution is 7.92. The van der Waals surface area contributed by atoms with Gasteiger partial charge in [0.25, 0.3) is 0 Å². The molecule has 0 bridgehead atoms. The summed E-state index contributed by atoms with van der Waals surface area (Å²) in [5.41, 5.74) is 0.978. The SMILES string of the molecule is COC(=O)c1scc(C)c1NS(=O)(=O)CC(C)CCl. The summed E-state index contributed by atoms with van der Waals surface area (Å²) in [6.45, 7) is 3.47. The molecule has 0 fully saturated rings. The van der Waals surface area contributed by atoms with Crippen LogP contribution < -0.4 is 4.72 Å². The van der Waals surface area contributed by atoms with Gasteiger partial charge in [-0.05, 0) is 23.8 Å². The Morgan fingerprint density at radius 1 is 1.58 bits per heavy atom. The third-order valence-corrected chi connectivity index (χ3v) is 5.50. The molecule has 0 aliphatic heterocycles. The van der Waals surface area contributed by atoms with Gasteiger partial charge in [-0.3, -0.25) is 4.72 Å². The van der Waals surface area contributed by atoms with Crippen LogP contribution in [0.1, 0.15) is 22.2 Å². The van der Waals surface area contributed by atoms with Crippen molar-refractivity contribution in [2.75, 3.05) is 23.5 Å². The van der Waals surface area contributed by atoms with Crippen molar-refractivity contribution in [2.45, 2.75) is 13.8 Å². The molecule has 0 aromatic carbocycles. The van der Waals surface area contributed by atoms with E-state index in [4.69, 9.17) is 11.6 Å². The van der Waals surface area contributed by atoms with E-state index in [9.17, 15) is 13.2 Å². The van der Waals surface area contributed by atoms with Gasteiger partial charge in [0.15, 0.2) is 0 Å². The van der Waals surface area contributed by atoms with Crippen molar-refractivity contribution in [3.8, 4) is 0 Å². The van der Waals surface area contributed by atoms with Crippen LogP contribution in [0.15, 0.2) is 5.38 Å². The van der Waals surface area contributed by atoms with E-state index in [1.54, 1.807) is 19.2 Å². The summed E-state index contributed by atoms with van der Waals surface area (Å²) in [6.07, 6.45) is 0. The van der Waals surface area contributed by atoms with Crippen LogP contribution in [0.2, 0.25) is 0 Å². The van der Waals surface area contributed by atoms with Crippen LogP contribution in [0.5, 0.6) is 0 Å². The number of carbonyl (C=O) groups is 1. The van der Waals surface area contributed by atoms with Crippen LogP contribution in [-0.4, -0.2) is 33.1 Å². The van der Waals surface area contributed by atoms with Gasteiger partial charge in [0.2, 0.25) is 10.0 Å². The number of rotatable bonds is 6. The average molecular weight is 326 g/mol. The molecule has 5 nitrogen and oxygen atoms in total. The molecule has 0 aliphatic rings. The lowest BCUT2D eigenvalue weighted by Crippen LogP contribution is -2.23. The van der Waals surface area contributed by atoms with E-state index in [-0.39, 0.29) is 22.4 Å². The predicted molar refractivity (Wildman–Crippen MR) is 77.7 cm³/mol. The van der Waals surface area contributed by atoms with Gasteiger partial charge in [0.1, 0.15) is 4.88 Å². The number of hydrogen-bond acceptors (Lipinski definition) is 5. The number of methoxy groups -OCH3 is 1. The second-order valence-corrected chi connectivity index (χ2v) is 7.21. The van der Waals surface area contributed by atoms with Gasteiger partial charge in [0, 0.05) is 5.88 Å². The Balaban J connectivity index is 2.99. The predicted octanol–water partition coefficient (Wildman–Crippen LogP) is 2.46. The number of anilines is 1. The molecular formula is C11H16ClNO4S2. The summed E-state index contributed by atoms with van der Waals surface area (Å²) >= 11 is 6.76. The van der Waals surface area contributed by atoms with Crippen LogP contribution in [0, 0.1) is 12.8 Å². The topological polar surface area (TPSA) is 72.5 Å². The van der Waals surface area contributed by atoms with Gasteiger partial charge < -0.3 is 4.74 Å². The highest BCUT2D eigenvalue weighted by atomic mass is 35.5. The van der Waals surface area contributed by atoms with E-state index in [2.05, 4.69) is 9.46 Å². The van der Waals surface area contributed by atoms with Crippen molar-refractivity contribution < 1.29 is 17.9 Å². The van der Waals surface area contributed by atoms with Crippen LogP contribution >= 0.6 is 22.9 Å². The summed E-state index contributed by atoms with van der Waals surface area (Å²) < 4.78 is 31.0. The van der Waals surface area contributed by atoms with Gasteiger partial charge in [-0.1, -0.05) is 6.92 Å². The molecule has 1 heterocycles. The maximum Gasteiger partial charge on any atom is 0.350 e. The number of nitrogens with one attached hydrogen (secondary N) is 1. The number of aryl methyl sites for hydroxylation is 1. The van der Waals surface area contributed by atoms with Crippen LogP contribution in [0.25, 0.3) is 0 Å². The number of sulfonamides is 1. The zero-order valence-corrected chi connectivity index (χ0v) is 13.3. The fourth-order valence-corrected chi connectivity index (χ4v) is 4.18. The minimum atomic E-state index is -3.54. The van der Waals surface area contributed by atoms with Gasteiger partial charge in [-0.2, -0.15) is 0 Å². The molecule has 1 rings (SSSR count). The van der Waals surface area contributed by atoms with Gasteiger partial charge in [-0.25, -0.2) is 13.2 Å². The molecule has 0 saturated carbocycles. The second-order valence-electron chi connectivity index (χ2n) is 4.26. The Morgan fingerprint density at radius 2 is 2.21 bits per heavy atom. The summed E-state index contributed by atoms with van der Waals surface area (Å²) in [7, 11) is -2.28. The van der Waals surface area contributed by atoms with Crippen molar-refractivity contribution in [3.63, 3.8) is 0 Å². The van der Waals surface area contributed by atoms with E-state index in [1.807, 2.05) is 0 Å². The quantitative estimate of drug-likeness (QED) is 0.644. The minimum Gasteiger partial charge on any atom is -0.465 e. The summed E-state index contributed by atoms with van der Waals surface area (Å²) in [6, 6.07) is 0. The summed E-state index contributed by atoms with van der Waals surface area (Å²) in [5.74, 6) is -0.555. The Bertz CT molecular complexity index is 553. The number of ether oxygens (including phenoxy) is 1. The molecule has 108 valence electrons. The Kier molecular flexibility index (Phi) is 5.64. The summed E-state index contributed by atoms with van der Waals surface area (Å²) in [4.78, 5) is 11.8. The largest absolute Gasteiger partial charge is 0.465 e. The first-order chi connectivity index (χ1) is 8.80. The van der Waals surface area contributed by atoms with Gasteiger partial charge in [0.05, 0.1) is 18.6 Å². The molecule has 19 heavy (non-hydrogen) atoms. The van der Waals surface area contributed by atoms with Gasteiger partial charge in [-0.15, -0.1) is 22.9 Å². The van der Waals surface area contributed by atoms with Crippen molar-refractivity contribution in [3.05, 3.63) is 15.8 Å². The molecule has 1 atom stereocenters. The third-order valence-electron chi connectivity index (χ3n) is 2.37. The van der Waals surface area contributed by atoms with Gasteiger partial charge >= 0.3 is 5.97 Å². The van der Waals surface area contributed by atoms with E-state index in [0.29, 0.717) is 11.3 Å². The Hall–Kier alpha value is -0.790. The first-order valence-electron chi connectivity index (χ1n) is 5.53. The number of thiophene rings is 1. The molecule has 1 unspecified atom stereocenters. The second kappa shape index (κ2) is 6.58. The number of halogens is 1. The zero-order valence-electron chi connectivity index (χ0n) is 10.9. The molecule has 8 heteroatoms. The smallest absolute Gasteiger partial charge is 0.350 e. The lowest BCUT2D eigenvalue weighted by atomic mass is 10.3. The molecule has 1 aromatic rings. The first kappa shape index (κ1) is 16.3. The van der Waals surface area contributed by atoms with Crippen molar-refractivity contribution in [2.24, 2.45) is 5.92 Å². The van der Waals surface area contributed by atoms with E-state index >= 15 is 0 Å². The molecule has 0 aliphatic carbocycles. The molecule has 1 aromatic heterocycles. The number of esters is 1. The number of carbonyl (C=O) groups excluding carboxylic acids is 1. The highest BCUT2D eigenvalue weighted by Crippen LogP contribution is 2.29. The van der Waals surface area contributed by atoms with Crippen molar-refractivity contribution in [1.29, 1.82) is 0 Å². The fourth-order valence-electron chi connectivity index (χ4n) is 1.43. The van der Waals surface area contributed by atoms with Crippen LogP contribution in [0.3, 0.4) is 0 Å². The van der Waals surface area contributed by atoms with Crippen LogP contribution in [-0.2, 0) is 14.8 Å². The van der Waals surface area contributed by atoms with E-state index in [1.165, 1.54) is 7.11 Å². The molecule has 0 radical (unpaired) electrons. The molecule has 0 saturated heterocycles. The lowest BCUT2D eigenvalue weighted by molar-refractivity contribution is 0.0607. The highest BCUT2D eigenvalue weighted by Gasteiger charge is 2.22. The minimum absolute atomic E-state index is 0.0909. The van der Waals surface area contributed by atoms with Crippen molar-refractivity contribution in [1.82, 2.24) is 0 Å². The Labute approximate surface area is 122 Å². The normalized spacial score (nSPS) is 13.1. The Morgan fingerprint density at radius 3 is 2.74 bits per heavy atom. The first-order valence-corrected chi connectivity index (χ1v) is 8.60. The fraction of sp³-hybridized carbons (Fsp3) is 0.545. The van der Waals surface area contributed by atoms with E-state index < -0.39 is 16.0 Å². The van der Waals surface area contributed by atoms with Crippen LogP contribution in [0.4, 0.5) is 5.69 Å². The number of hydrogen-bond donors (Lipinski definition) is 1. The summed E-state index contributed by atoms with van der Waals surface area (Å²) in [5, 5.41) is 1.70.